The maximum atomic E-state index is 4.99. The van der Waals surface area contributed by atoms with Gasteiger partial charge in [0.05, 0.1) is 6.61 Å². The third kappa shape index (κ3) is 6.53. The molecule has 0 atom stereocenters. The summed E-state index contributed by atoms with van der Waals surface area (Å²) in [6.07, 6.45) is 6.57. The van der Waals surface area contributed by atoms with E-state index >= 15 is 0 Å². The fraction of sp³-hybridized carbons (Fsp3) is 0.733. The summed E-state index contributed by atoms with van der Waals surface area (Å²) < 4.78 is 4.99. The van der Waals surface area contributed by atoms with E-state index in [2.05, 4.69) is 25.2 Å². The van der Waals surface area contributed by atoms with Crippen molar-refractivity contribution in [3.8, 4) is 0 Å². The van der Waals surface area contributed by atoms with Crippen molar-refractivity contribution >= 4 is 11.3 Å². The van der Waals surface area contributed by atoms with Crippen molar-refractivity contribution in [2.24, 2.45) is 0 Å². The number of methoxy groups -OCH3 is 1. The van der Waals surface area contributed by atoms with Crippen LogP contribution in [0.1, 0.15) is 41.0 Å². The first kappa shape index (κ1) is 15.7. The zero-order chi connectivity index (χ0) is 13.2. The molecule has 0 aromatic carbocycles. The fourth-order valence-corrected chi connectivity index (χ4v) is 3.22. The summed E-state index contributed by atoms with van der Waals surface area (Å²) in [5.41, 5.74) is 1.48. The molecule has 1 rings (SSSR count). The Morgan fingerprint density at radius 3 is 2.56 bits per heavy atom. The summed E-state index contributed by atoms with van der Waals surface area (Å²) in [5.74, 6) is 0. The molecule has 104 valence electrons. The highest BCUT2D eigenvalue weighted by atomic mass is 32.1. The van der Waals surface area contributed by atoms with E-state index in [1.165, 1.54) is 42.5 Å². The topological polar surface area (TPSA) is 21.3 Å². The van der Waals surface area contributed by atoms with Crippen LogP contribution in [0.5, 0.6) is 0 Å². The molecule has 0 fully saturated rings. The predicted octanol–water partition coefficient (Wildman–Crippen LogP) is 3.70. The van der Waals surface area contributed by atoms with E-state index in [4.69, 9.17) is 4.74 Å². The molecule has 0 spiro atoms. The van der Waals surface area contributed by atoms with Gasteiger partial charge in [-0.2, -0.15) is 0 Å². The maximum Gasteiger partial charge on any atom is 0.0587 e. The largest absolute Gasteiger partial charge is 0.383 e. The van der Waals surface area contributed by atoms with E-state index in [0.717, 1.165) is 19.7 Å². The number of rotatable bonds is 10. The lowest BCUT2D eigenvalue weighted by Crippen LogP contribution is -2.20. The SMILES string of the molecule is COCCNCCCCCCc1sc(C)cc1C. The minimum atomic E-state index is 0.816. The van der Waals surface area contributed by atoms with Crippen molar-refractivity contribution < 1.29 is 4.74 Å². The first-order valence-electron chi connectivity index (χ1n) is 6.99. The fourth-order valence-electron chi connectivity index (χ4n) is 2.13. The van der Waals surface area contributed by atoms with Crippen molar-refractivity contribution in [2.75, 3.05) is 26.8 Å². The van der Waals surface area contributed by atoms with E-state index in [0.29, 0.717) is 0 Å². The van der Waals surface area contributed by atoms with E-state index in [-0.39, 0.29) is 0 Å². The Labute approximate surface area is 116 Å². The standard InChI is InChI=1S/C15H27NOS/c1-13-12-14(2)18-15(13)8-6-4-5-7-9-16-10-11-17-3/h12,16H,4-11H2,1-3H3. The zero-order valence-electron chi connectivity index (χ0n) is 12.1. The van der Waals surface area contributed by atoms with Gasteiger partial charge < -0.3 is 10.1 Å². The molecular formula is C15H27NOS. The van der Waals surface area contributed by atoms with E-state index in [9.17, 15) is 0 Å². The van der Waals surface area contributed by atoms with Gasteiger partial charge in [-0.05, 0) is 51.3 Å². The second-order valence-corrected chi connectivity index (χ2v) is 6.21. The molecule has 0 unspecified atom stereocenters. The summed E-state index contributed by atoms with van der Waals surface area (Å²) >= 11 is 1.97. The Kier molecular flexibility index (Phi) is 8.31. The third-order valence-corrected chi connectivity index (χ3v) is 4.35. The van der Waals surface area contributed by atoms with Gasteiger partial charge in [0.2, 0.25) is 0 Å². The molecule has 0 radical (unpaired) electrons. The van der Waals surface area contributed by atoms with Crippen molar-refractivity contribution in [3.63, 3.8) is 0 Å². The number of unbranched alkanes of at least 4 members (excludes halogenated alkanes) is 3. The maximum absolute atomic E-state index is 4.99. The Bertz CT molecular complexity index is 322. The number of thiophene rings is 1. The third-order valence-electron chi connectivity index (χ3n) is 3.13. The lowest BCUT2D eigenvalue weighted by atomic mass is 10.1. The lowest BCUT2D eigenvalue weighted by molar-refractivity contribution is 0.199. The minimum absolute atomic E-state index is 0.816. The zero-order valence-corrected chi connectivity index (χ0v) is 12.9. The van der Waals surface area contributed by atoms with Crippen LogP contribution >= 0.6 is 11.3 Å². The average Bonchev–Trinajstić information content (AvgIpc) is 2.66. The Morgan fingerprint density at radius 1 is 1.11 bits per heavy atom. The number of nitrogens with one attached hydrogen (secondary N) is 1. The van der Waals surface area contributed by atoms with E-state index in [1.54, 1.807) is 12.0 Å². The molecule has 0 aliphatic rings. The second kappa shape index (κ2) is 9.54. The molecule has 0 aliphatic heterocycles. The van der Waals surface area contributed by atoms with Gasteiger partial charge in [0.25, 0.3) is 0 Å². The number of hydrogen-bond acceptors (Lipinski definition) is 3. The van der Waals surface area contributed by atoms with Gasteiger partial charge in [0.15, 0.2) is 0 Å². The molecule has 1 heterocycles. The minimum Gasteiger partial charge on any atom is -0.383 e. The van der Waals surface area contributed by atoms with Crippen molar-refractivity contribution in [1.29, 1.82) is 0 Å². The molecule has 1 aromatic rings. The molecule has 0 saturated carbocycles. The van der Waals surface area contributed by atoms with Gasteiger partial charge in [-0.1, -0.05) is 12.8 Å². The number of aryl methyl sites for hydroxylation is 3. The van der Waals surface area contributed by atoms with E-state index < -0.39 is 0 Å². The second-order valence-electron chi connectivity index (χ2n) is 4.87. The molecule has 1 N–H and O–H groups in total. The van der Waals surface area contributed by atoms with Crippen LogP contribution in [0.3, 0.4) is 0 Å². The summed E-state index contributed by atoms with van der Waals surface area (Å²) in [7, 11) is 1.75. The first-order valence-corrected chi connectivity index (χ1v) is 7.81. The van der Waals surface area contributed by atoms with Crippen LogP contribution < -0.4 is 5.32 Å². The quantitative estimate of drug-likeness (QED) is 0.654. The Balaban J connectivity index is 1.94. The highest BCUT2D eigenvalue weighted by Crippen LogP contribution is 2.22. The van der Waals surface area contributed by atoms with Crippen LogP contribution in [-0.2, 0) is 11.2 Å². The summed E-state index contributed by atoms with van der Waals surface area (Å²) in [6, 6.07) is 2.31. The van der Waals surface area contributed by atoms with Crippen molar-refractivity contribution in [3.05, 3.63) is 21.4 Å². The van der Waals surface area contributed by atoms with Crippen LogP contribution in [0.2, 0.25) is 0 Å². The smallest absolute Gasteiger partial charge is 0.0587 e. The molecule has 0 aliphatic carbocycles. The predicted molar refractivity (Wildman–Crippen MR) is 80.7 cm³/mol. The molecule has 18 heavy (non-hydrogen) atoms. The van der Waals surface area contributed by atoms with Gasteiger partial charge in [0.1, 0.15) is 0 Å². The lowest BCUT2D eigenvalue weighted by Gasteiger charge is -2.04. The number of hydrogen-bond donors (Lipinski definition) is 1. The molecular weight excluding hydrogens is 242 g/mol. The van der Waals surface area contributed by atoms with Crippen LogP contribution in [0, 0.1) is 13.8 Å². The van der Waals surface area contributed by atoms with Crippen LogP contribution in [0.15, 0.2) is 6.07 Å². The highest BCUT2D eigenvalue weighted by molar-refractivity contribution is 7.12. The van der Waals surface area contributed by atoms with Crippen LogP contribution in [0.4, 0.5) is 0 Å². The average molecular weight is 269 g/mol. The molecule has 0 bridgehead atoms. The Morgan fingerprint density at radius 2 is 1.89 bits per heavy atom. The van der Waals surface area contributed by atoms with Gasteiger partial charge in [0, 0.05) is 23.4 Å². The summed E-state index contributed by atoms with van der Waals surface area (Å²) in [6.45, 7) is 7.35. The van der Waals surface area contributed by atoms with Gasteiger partial charge in [-0.25, -0.2) is 0 Å². The molecule has 3 heteroatoms. The summed E-state index contributed by atoms with van der Waals surface area (Å²) in [4.78, 5) is 3.04. The normalized spacial score (nSPS) is 11.1. The van der Waals surface area contributed by atoms with Crippen molar-refractivity contribution in [2.45, 2.75) is 46.0 Å². The van der Waals surface area contributed by atoms with Gasteiger partial charge in [-0.3, -0.25) is 0 Å². The van der Waals surface area contributed by atoms with Gasteiger partial charge in [-0.15, -0.1) is 11.3 Å². The van der Waals surface area contributed by atoms with Crippen molar-refractivity contribution in [1.82, 2.24) is 5.32 Å². The highest BCUT2D eigenvalue weighted by Gasteiger charge is 2.02. The summed E-state index contributed by atoms with van der Waals surface area (Å²) in [5, 5.41) is 3.38. The van der Waals surface area contributed by atoms with E-state index in [1.807, 2.05) is 11.3 Å². The molecule has 0 saturated heterocycles. The molecule has 0 amide bonds. The molecule has 2 nitrogen and oxygen atoms in total. The van der Waals surface area contributed by atoms with Crippen LogP contribution in [-0.4, -0.2) is 26.8 Å². The first-order chi connectivity index (χ1) is 8.74. The number of ether oxygens (including phenoxy) is 1. The molecule has 1 aromatic heterocycles. The van der Waals surface area contributed by atoms with Crippen LogP contribution in [0.25, 0.3) is 0 Å². The monoisotopic (exact) mass is 269 g/mol. The Hall–Kier alpha value is -0.380. The van der Waals surface area contributed by atoms with Gasteiger partial charge >= 0.3 is 0 Å².